The van der Waals surface area contributed by atoms with Crippen LogP contribution in [0.5, 0.6) is 0 Å². The van der Waals surface area contributed by atoms with E-state index in [2.05, 4.69) is 5.32 Å². The number of nitrogen functional groups attached to an aromatic ring is 1. The molecule has 0 atom stereocenters. The van der Waals surface area contributed by atoms with Crippen molar-refractivity contribution in [1.29, 1.82) is 0 Å². The zero-order valence-corrected chi connectivity index (χ0v) is 14.8. The van der Waals surface area contributed by atoms with Gasteiger partial charge in [0.15, 0.2) is 0 Å². The number of carbonyl (C=O) groups excluding carboxylic acids is 1. The second kappa shape index (κ2) is 10.7. The lowest BCUT2D eigenvalue weighted by Crippen LogP contribution is -2.23. The Balaban J connectivity index is 0.00000288. The molecular weight excluding hydrogens is 324 g/mol. The number of para-hydroxylation sites is 1. The first-order valence-corrected chi connectivity index (χ1v) is 7.95. The lowest BCUT2D eigenvalue weighted by molar-refractivity contribution is -0.121. The Morgan fingerprint density at radius 1 is 1.04 bits per heavy atom. The highest BCUT2D eigenvalue weighted by Crippen LogP contribution is 2.13. The molecule has 1 amide bonds. The third kappa shape index (κ3) is 6.22. The van der Waals surface area contributed by atoms with Gasteiger partial charge >= 0.3 is 0 Å². The minimum absolute atomic E-state index is 0. The maximum Gasteiger partial charge on any atom is 0.220 e. The highest BCUT2D eigenvalue weighted by Gasteiger charge is 2.06. The van der Waals surface area contributed by atoms with Crippen LogP contribution in [0.3, 0.4) is 0 Å². The number of carbonyl (C=O) groups is 1. The highest BCUT2D eigenvalue weighted by molar-refractivity contribution is 5.85. The molecule has 0 saturated heterocycles. The number of hydrogen-bond donors (Lipinski definition) is 2. The molecule has 0 heterocycles. The summed E-state index contributed by atoms with van der Waals surface area (Å²) in [5.74, 6) is 0.0273. The standard InChI is InChI=1S/C19H24N2O2.ClH/c1-2-23-14-17-9-4-3-8-16(17)13-21-19(22)12-11-15-7-5-6-10-18(15)20;/h3-10H,2,11-14,20H2,1H3,(H,21,22);1H. The lowest BCUT2D eigenvalue weighted by atomic mass is 10.1. The van der Waals surface area contributed by atoms with Crippen molar-refractivity contribution in [3.8, 4) is 0 Å². The van der Waals surface area contributed by atoms with Gasteiger partial charge in [0.1, 0.15) is 0 Å². The van der Waals surface area contributed by atoms with E-state index in [9.17, 15) is 4.79 Å². The average molecular weight is 349 g/mol. The van der Waals surface area contributed by atoms with Gasteiger partial charge in [0, 0.05) is 25.3 Å². The Hall–Kier alpha value is -2.04. The molecule has 2 aromatic rings. The monoisotopic (exact) mass is 348 g/mol. The van der Waals surface area contributed by atoms with E-state index in [-0.39, 0.29) is 18.3 Å². The number of ether oxygens (including phenoxy) is 1. The van der Waals surface area contributed by atoms with Crippen LogP contribution < -0.4 is 11.1 Å². The quantitative estimate of drug-likeness (QED) is 0.718. The lowest BCUT2D eigenvalue weighted by Gasteiger charge is -2.11. The summed E-state index contributed by atoms with van der Waals surface area (Å²) >= 11 is 0. The number of amides is 1. The molecule has 2 rings (SSSR count). The van der Waals surface area contributed by atoms with Crippen molar-refractivity contribution in [2.45, 2.75) is 32.9 Å². The van der Waals surface area contributed by atoms with E-state index in [1.807, 2.05) is 55.5 Å². The summed E-state index contributed by atoms with van der Waals surface area (Å²) in [7, 11) is 0. The Morgan fingerprint density at radius 2 is 1.67 bits per heavy atom. The fourth-order valence-corrected chi connectivity index (χ4v) is 2.38. The molecule has 0 aromatic heterocycles. The number of halogens is 1. The molecule has 0 saturated carbocycles. The van der Waals surface area contributed by atoms with E-state index in [0.29, 0.717) is 32.6 Å². The second-order valence-electron chi connectivity index (χ2n) is 5.38. The predicted molar refractivity (Wildman–Crippen MR) is 100 cm³/mol. The van der Waals surface area contributed by atoms with Gasteiger partial charge in [-0.1, -0.05) is 42.5 Å². The molecule has 0 aliphatic heterocycles. The van der Waals surface area contributed by atoms with Crippen LogP contribution in [0.2, 0.25) is 0 Å². The van der Waals surface area contributed by atoms with Gasteiger partial charge in [0.2, 0.25) is 5.91 Å². The Kier molecular flexibility index (Phi) is 8.90. The molecule has 0 unspecified atom stereocenters. The molecule has 3 N–H and O–H groups in total. The molecular formula is C19H25ClN2O2. The number of anilines is 1. The average Bonchev–Trinajstić information content (AvgIpc) is 2.58. The number of hydrogen-bond acceptors (Lipinski definition) is 3. The van der Waals surface area contributed by atoms with Crippen molar-refractivity contribution >= 4 is 24.0 Å². The third-order valence-electron chi connectivity index (χ3n) is 3.73. The second-order valence-corrected chi connectivity index (χ2v) is 5.38. The van der Waals surface area contributed by atoms with E-state index in [0.717, 1.165) is 22.4 Å². The largest absolute Gasteiger partial charge is 0.399 e. The summed E-state index contributed by atoms with van der Waals surface area (Å²) in [5, 5.41) is 2.97. The molecule has 0 aliphatic carbocycles. The van der Waals surface area contributed by atoms with Gasteiger partial charge in [-0.15, -0.1) is 12.4 Å². The summed E-state index contributed by atoms with van der Waals surface area (Å²) < 4.78 is 5.46. The number of nitrogens with two attached hydrogens (primary N) is 1. The zero-order chi connectivity index (χ0) is 16.5. The van der Waals surface area contributed by atoms with Crippen LogP contribution in [0.25, 0.3) is 0 Å². The summed E-state index contributed by atoms with van der Waals surface area (Å²) in [5.41, 5.74) is 9.85. The van der Waals surface area contributed by atoms with E-state index < -0.39 is 0 Å². The van der Waals surface area contributed by atoms with Crippen LogP contribution in [0, 0.1) is 0 Å². The summed E-state index contributed by atoms with van der Waals surface area (Å²) in [6.45, 7) is 3.74. The minimum atomic E-state index is 0. The van der Waals surface area contributed by atoms with Gasteiger partial charge in [-0.05, 0) is 36.1 Å². The van der Waals surface area contributed by atoms with Crippen molar-refractivity contribution in [2.75, 3.05) is 12.3 Å². The maximum atomic E-state index is 12.0. The van der Waals surface area contributed by atoms with Crippen molar-refractivity contribution < 1.29 is 9.53 Å². The maximum absolute atomic E-state index is 12.0. The highest BCUT2D eigenvalue weighted by atomic mass is 35.5. The van der Waals surface area contributed by atoms with E-state index >= 15 is 0 Å². The molecule has 0 bridgehead atoms. The first-order valence-electron chi connectivity index (χ1n) is 7.95. The summed E-state index contributed by atoms with van der Waals surface area (Å²) in [6, 6.07) is 15.7. The van der Waals surface area contributed by atoms with E-state index in [1.54, 1.807) is 0 Å². The Morgan fingerprint density at radius 3 is 2.33 bits per heavy atom. The minimum Gasteiger partial charge on any atom is -0.399 e. The summed E-state index contributed by atoms with van der Waals surface area (Å²) in [6.07, 6.45) is 1.08. The van der Waals surface area contributed by atoms with Gasteiger partial charge < -0.3 is 15.8 Å². The van der Waals surface area contributed by atoms with Crippen molar-refractivity contribution in [3.05, 3.63) is 65.2 Å². The van der Waals surface area contributed by atoms with Crippen LogP contribution in [-0.4, -0.2) is 12.5 Å². The van der Waals surface area contributed by atoms with Crippen molar-refractivity contribution in [2.24, 2.45) is 0 Å². The topological polar surface area (TPSA) is 64.3 Å². The predicted octanol–water partition coefficient (Wildman–Crippen LogP) is 3.48. The zero-order valence-electron chi connectivity index (χ0n) is 14.0. The van der Waals surface area contributed by atoms with Gasteiger partial charge in [0.05, 0.1) is 6.61 Å². The van der Waals surface area contributed by atoms with E-state index in [1.165, 1.54) is 0 Å². The van der Waals surface area contributed by atoms with Gasteiger partial charge in [-0.2, -0.15) is 0 Å². The Bertz CT molecular complexity index is 647. The molecule has 0 fully saturated rings. The van der Waals surface area contributed by atoms with Crippen LogP contribution >= 0.6 is 12.4 Å². The smallest absolute Gasteiger partial charge is 0.220 e. The fourth-order valence-electron chi connectivity index (χ4n) is 2.38. The molecule has 4 nitrogen and oxygen atoms in total. The summed E-state index contributed by atoms with van der Waals surface area (Å²) in [4.78, 5) is 12.0. The molecule has 0 spiro atoms. The van der Waals surface area contributed by atoms with Gasteiger partial charge in [-0.3, -0.25) is 4.79 Å². The van der Waals surface area contributed by atoms with Gasteiger partial charge in [0.25, 0.3) is 0 Å². The molecule has 0 aliphatic rings. The SMILES string of the molecule is CCOCc1ccccc1CNC(=O)CCc1ccccc1N.Cl. The fraction of sp³-hybridized carbons (Fsp3) is 0.316. The normalized spacial score (nSPS) is 10.0. The number of benzene rings is 2. The van der Waals surface area contributed by atoms with Crippen LogP contribution in [-0.2, 0) is 29.1 Å². The number of nitrogens with one attached hydrogen (secondary N) is 1. The first kappa shape index (κ1) is 20.0. The third-order valence-corrected chi connectivity index (χ3v) is 3.73. The van der Waals surface area contributed by atoms with Gasteiger partial charge in [-0.25, -0.2) is 0 Å². The van der Waals surface area contributed by atoms with E-state index in [4.69, 9.17) is 10.5 Å². The first-order chi connectivity index (χ1) is 11.2. The van der Waals surface area contributed by atoms with Crippen LogP contribution in [0.1, 0.15) is 30.0 Å². The number of aryl methyl sites for hydroxylation is 1. The molecule has 130 valence electrons. The van der Waals surface area contributed by atoms with Crippen molar-refractivity contribution in [3.63, 3.8) is 0 Å². The molecule has 0 radical (unpaired) electrons. The van der Waals surface area contributed by atoms with Crippen molar-refractivity contribution in [1.82, 2.24) is 5.32 Å². The molecule has 5 heteroatoms. The van der Waals surface area contributed by atoms with Crippen LogP contribution in [0.4, 0.5) is 5.69 Å². The number of rotatable bonds is 8. The Labute approximate surface area is 149 Å². The molecule has 2 aromatic carbocycles. The molecule has 24 heavy (non-hydrogen) atoms. The van der Waals surface area contributed by atoms with Crippen LogP contribution in [0.15, 0.2) is 48.5 Å².